The van der Waals surface area contributed by atoms with E-state index >= 15 is 0 Å². The molecule has 2 aromatic rings. The number of pyridine rings is 1. The molecule has 1 heterocycles. The Morgan fingerprint density at radius 1 is 1.12 bits per heavy atom. The topological polar surface area (TPSA) is 22.1 Å². The number of rotatable bonds is 4. The highest BCUT2D eigenvalue weighted by Gasteiger charge is 1.97. The number of aromatic nitrogens is 1. The van der Waals surface area contributed by atoms with Gasteiger partial charge in [0.15, 0.2) is 0 Å². The first-order valence-corrected chi connectivity index (χ1v) is 7.36. The summed E-state index contributed by atoms with van der Waals surface area (Å²) in [6, 6.07) is 12.2. The van der Waals surface area contributed by atoms with Crippen molar-refractivity contribution in [1.29, 1.82) is 0 Å². The molecule has 2 rings (SSSR count). The third-order valence-corrected chi connectivity index (χ3v) is 3.55. The fraction of sp³-hybridized carbons (Fsp3) is 0.154. The Balaban J connectivity index is 1.95. The first-order valence-electron chi connectivity index (χ1n) is 5.16. The van der Waals surface area contributed by atoms with E-state index in [4.69, 9.17) is 4.74 Å². The molecule has 1 aromatic carbocycles. The Labute approximate surface area is 123 Å². The van der Waals surface area contributed by atoms with Crippen molar-refractivity contribution in [2.24, 2.45) is 0 Å². The molecule has 0 atom stereocenters. The van der Waals surface area contributed by atoms with Crippen molar-refractivity contribution in [2.75, 3.05) is 0 Å². The molecule has 1 aromatic heterocycles. The maximum Gasteiger partial charge on any atom is 0.138 e. The molecule has 0 saturated heterocycles. The van der Waals surface area contributed by atoms with Crippen molar-refractivity contribution < 1.29 is 4.74 Å². The lowest BCUT2D eigenvalue weighted by Crippen LogP contribution is -1.96. The van der Waals surface area contributed by atoms with Crippen LogP contribution in [-0.4, -0.2) is 4.98 Å². The maximum atomic E-state index is 5.65. The summed E-state index contributed by atoms with van der Waals surface area (Å²) < 4.78 is 6.88. The van der Waals surface area contributed by atoms with Crippen molar-refractivity contribution >= 4 is 38.5 Å². The molecule has 17 heavy (non-hydrogen) atoms. The first kappa shape index (κ1) is 12.8. The van der Waals surface area contributed by atoms with Crippen LogP contribution in [0.25, 0.3) is 0 Å². The van der Waals surface area contributed by atoms with Gasteiger partial charge in [0.2, 0.25) is 0 Å². The average Bonchev–Trinajstić information content (AvgIpc) is 2.39. The zero-order chi connectivity index (χ0) is 12.1. The van der Waals surface area contributed by atoms with Crippen LogP contribution in [0, 0.1) is 3.57 Å². The van der Waals surface area contributed by atoms with E-state index in [0.29, 0.717) is 6.61 Å². The summed E-state index contributed by atoms with van der Waals surface area (Å²) in [5.74, 6) is 0.799. The highest BCUT2D eigenvalue weighted by molar-refractivity contribution is 14.1. The zero-order valence-corrected chi connectivity index (χ0v) is 12.8. The third-order valence-electron chi connectivity index (χ3n) is 2.25. The van der Waals surface area contributed by atoms with Gasteiger partial charge in [-0.25, -0.2) is 0 Å². The zero-order valence-electron chi connectivity index (χ0n) is 9.07. The third kappa shape index (κ3) is 3.96. The second-order valence-electron chi connectivity index (χ2n) is 3.53. The molecule has 0 radical (unpaired) electrons. The van der Waals surface area contributed by atoms with Crippen molar-refractivity contribution in [1.82, 2.24) is 4.98 Å². The van der Waals surface area contributed by atoms with E-state index in [-0.39, 0.29) is 0 Å². The van der Waals surface area contributed by atoms with Gasteiger partial charge in [-0.05, 0) is 52.4 Å². The SMILES string of the molecule is BrCc1ccc(OCc2ccc(I)cc2)cn1. The van der Waals surface area contributed by atoms with Crippen LogP contribution in [0.4, 0.5) is 0 Å². The number of benzene rings is 1. The lowest BCUT2D eigenvalue weighted by Gasteiger charge is -2.06. The molecule has 4 heteroatoms. The minimum atomic E-state index is 0.576. The van der Waals surface area contributed by atoms with E-state index in [1.165, 1.54) is 3.57 Å². The molecular weight excluding hydrogens is 393 g/mol. The van der Waals surface area contributed by atoms with E-state index in [9.17, 15) is 0 Å². The standard InChI is InChI=1S/C13H11BrINO/c14-7-12-5-6-13(8-16-12)17-9-10-1-3-11(15)4-2-10/h1-6,8H,7,9H2. The molecule has 0 aliphatic rings. The number of hydrogen-bond donors (Lipinski definition) is 0. The smallest absolute Gasteiger partial charge is 0.138 e. The molecule has 0 saturated carbocycles. The lowest BCUT2D eigenvalue weighted by molar-refractivity contribution is 0.305. The normalized spacial score (nSPS) is 10.2. The summed E-state index contributed by atoms with van der Waals surface area (Å²) in [6.07, 6.45) is 1.75. The molecule has 0 spiro atoms. The predicted octanol–water partition coefficient (Wildman–Crippen LogP) is 4.16. The molecule has 0 N–H and O–H groups in total. The van der Waals surface area contributed by atoms with E-state index in [2.05, 4.69) is 67.8 Å². The van der Waals surface area contributed by atoms with Gasteiger partial charge in [0.05, 0.1) is 11.9 Å². The highest BCUT2D eigenvalue weighted by Crippen LogP contribution is 2.14. The van der Waals surface area contributed by atoms with Crippen molar-refractivity contribution in [3.8, 4) is 5.75 Å². The lowest BCUT2D eigenvalue weighted by atomic mass is 10.2. The van der Waals surface area contributed by atoms with Crippen LogP contribution in [0.2, 0.25) is 0 Å². The summed E-state index contributed by atoms with van der Waals surface area (Å²) in [5.41, 5.74) is 2.17. The van der Waals surface area contributed by atoms with Crippen molar-refractivity contribution in [3.63, 3.8) is 0 Å². The van der Waals surface area contributed by atoms with Gasteiger partial charge in [-0.15, -0.1) is 0 Å². The van der Waals surface area contributed by atoms with Gasteiger partial charge in [-0.2, -0.15) is 0 Å². The summed E-state index contributed by atoms with van der Waals surface area (Å²) >= 11 is 5.65. The second kappa shape index (κ2) is 6.35. The fourth-order valence-electron chi connectivity index (χ4n) is 1.32. The Morgan fingerprint density at radius 2 is 1.88 bits per heavy atom. The van der Waals surface area contributed by atoms with Crippen LogP contribution in [0.15, 0.2) is 42.6 Å². The largest absolute Gasteiger partial charge is 0.487 e. The molecular formula is C13H11BrINO. The summed E-state index contributed by atoms with van der Waals surface area (Å²) in [6.45, 7) is 0.576. The molecule has 0 amide bonds. The number of halogens is 2. The average molecular weight is 404 g/mol. The molecule has 2 nitrogen and oxygen atoms in total. The number of nitrogens with zero attached hydrogens (tertiary/aromatic N) is 1. The summed E-state index contributed by atoms with van der Waals surface area (Å²) in [7, 11) is 0. The minimum Gasteiger partial charge on any atom is -0.487 e. The van der Waals surface area contributed by atoms with Crippen LogP contribution in [-0.2, 0) is 11.9 Å². The number of alkyl halides is 1. The number of hydrogen-bond acceptors (Lipinski definition) is 2. The van der Waals surface area contributed by atoms with E-state index < -0.39 is 0 Å². The van der Waals surface area contributed by atoms with Gasteiger partial charge in [-0.1, -0.05) is 28.1 Å². The Morgan fingerprint density at radius 3 is 2.47 bits per heavy atom. The Kier molecular flexibility index (Phi) is 4.79. The van der Waals surface area contributed by atoms with Crippen LogP contribution in [0.1, 0.15) is 11.3 Å². The maximum absolute atomic E-state index is 5.65. The summed E-state index contributed by atoms with van der Waals surface area (Å²) in [4.78, 5) is 4.25. The Hall–Kier alpha value is -0.620. The van der Waals surface area contributed by atoms with Gasteiger partial charge in [0, 0.05) is 8.90 Å². The fourth-order valence-corrected chi connectivity index (χ4v) is 2.01. The van der Waals surface area contributed by atoms with Gasteiger partial charge in [-0.3, -0.25) is 4.98 Å². The minimum absolute atomic E-state index is 0.576. The molecule has 0 unspecified atom stereocenters. The van der Waals surface area contributed by atoms with E-state index in [1.807, 2.05) is 12.1 Å². The molecule has 0 aliphatic heterocycles. The van der Waals surface area contributed by atoms with Gasteiger partial charge < -0.3 is 4.74 Å². The van der Waals surface area contributed by atoms with E-state index in [0.717, 1.165) is 22.3 Å². The highest BCUT2D eigenvalue weighted by atomic mass is 127. The molecule has 88 valence electrons. The van der Waals surface area contributed by atoms with E-state index in [1.54, 1.807) is 6.20 Å². The van der Waals surface area contributed by atoms with Crippen LogP contribution >= 0.6 is 38.5 Å². The van der Waals surface area contributed by atoms with Crippen molar-refractivity contribution in [3.05, 3.63) is 57.4 Å². The molecule has 0 aliphatic carbocycles. The van der Waals surface area contributed by atoms with Crippen LogP contribution in [0.3, 0.4) is 0 Å². The van der Waals surface area contributed by atoms with Crippen LogP contribution < -0.4 is 4.74 Å². The summed E-state index contributed by atoms with van der Waals surface area (Å²) in [5, 5.41) is 0.768. The Bertz CT molecular complexity index is 470. The van der Waals surface area contributed by atoms with Gasteiger partial charge >= 0.3 is 0 Å². The quantitative estimate of drug-likeness (QED) is 0.564. The van der Waals surface area contributed by atoms with Gasteiger partial charge in [0.1, 0.15) is 12.4 Å². The number of ether oxygens (including phenoxy) is 1. The first-order chi connectivity index (χ1) is 8.28. The monoisotopic (exact) mass is 403 g/mol. The predicted molar refractivity (Wildman–Crippen MR) is 80.4 cm³/mol. The molecule has 0 fully saturated rings. The second-order valence-corrected chi connectivity index (χ2v) is 5.34. The van der Waals surface area contributed by atoms with Crippen molar-refractivity contribution in [2.45, 2.75) is 11.9 Å². The molecule has 0 bridgehead atoms. The van der Waals surface area contributed by atoms with Crippen LogP contribution in [0.5, 0.6) is 5.75 Å². The van der Waals surface area contributed by atoms with Gasteiger partial charge in [0.25, 0.3) is 0 Å².